The standard InChI is InChI=1S/C14H12BrFN2O2/c1-9(10-2-4-11(16)5-3-10)17-14-8-12(18(19)20)6-7-13(14)15/h2-9,17H,1H3. The highest BCUT2D eigenvalue weighted by Crippen LogP contribution is 2.30. The minimum atomic E-state index is -0.444. The molecule has 0 aromatic heterocycles. The van der Waals surface area contributed by atoms with Crippen molar-refractivity contribution in [3.63, 3.8) is 0 Å². The highest BCUT2D eigenvalue weighted by atomic mass is 79.9. The summed E-state index contributed by atoms with van der Waals surface area (Å²) in [5.41, 5.74) is 1.53. The first-order valence-electron chi connectivity index (χ1n) is 5.93. The van der Waals surface area contributed by atoms with Gasteiger partial charge in [0.2, 0.25) is 0 Å². The van der Waals surface area contributed by atoms with Gasteiger partial charge in [0.15, 0.2) is 0 Å². The third kappa shape index (κ3) is 3.33. The van der Waals surface area contributed by atoms with Gasteiger partial charge in [0.1, 0.15) is 5.82 Å². The lowest BCUT2D eigenvalue weighted by atomic mass is 10.1. The van der Waals surface area contributed by atoms with Gasteiger partial charge in [0.25, 0.3) is 5.69 Å². The summed E-state index contributed by atoms with van der Waals surface area (Å²) < 4.78 is 13.6. The van der Waals surface area contributed by atoms with E-state index in [1.807, 2.05) is 6.92 Å². The molecule has 0 radical (unpaired) electrons. The summed E-state index contributed by atoms with van der Waals surface area (Å²) in [6.45, 7) is 1.90. The van der Waals surface area contributed by atoms with Gasteiger partial charge >= 0.3 is 0 Å². The molecule has 0 saturated carbocycles. The summed E-state index contributed by atoms with van der Waals surface area (Å²) in [6, 6.07) is 10.5. The number of hydrogen-bond donors (Lipinski definition) is 1. The number of halogens is 2. The van der Waals surface area contributed by atoms with Crippen molar-refractivity contribution in [2.24, 2.45) is 0 Å². The summed E-state index contributed by atoms with van der Waals surface area (Å²) in [5, 5.41) is 13.9. The first-order chi connectivity index (χ1) is 9.47. The fourth-order valence-electron chi connectivity index (χ4n) is 1.81. The molecule has 0 fully saturated rings. The lowest BCUT2D eigenvalue weighted by molar-refractivity contribution is -0.384. The zero-order chi connectivity index (χ0) is 14.7. The summed E-state index contributed by atoms with van der Waals surface area (Å²) >= 11 is 3.35. The molecule has 1 unspecified atom stereocenters. The number of nitro benzene ring substituents is 1. The molecule has 20 heavy (non-hydrogen) atoms. The van der Waals surface area contributed by atoms with E-state index in [-0.39, 0.29) is 17.5 Å². The van der Waals surface area contributed by atoms with Gasteiger partial charge in [-0.15, -0.1) is 0 Å². The molecule has 104 valence electrons. The van der Waals surface area contributed by atoms with Crippen molar-refractivity contribution in [1.82, 2.24) is 0 Å². The van der Waals surface area contributed by atoms with Gasteiger partial charge in [0.05, 0.1) is 10.6 Å². The van der Waals surface area contributed by atoms with Crippen LogP contribution in [0.3, 0.4) is 0 Å². The first kappa shape index (κ1) is 14.5. The number of hydrogen-bond acceptors (Lipinski definition) is 3. The van der Waals surface area contributed by atoms with Crippen molar-refractivity contribution >= 4 is 27.3 Å². The minimum Gasteiger partial charge on any atom is -0.377 e. The van der Waals surface area contributed by atoms with Crippen LogP contribution >= 0.6 is 15.9 Å². The Kier molecular flexibility index (Phi) is 4.34. The second kappa shape index (κ2) is 6.00. The molecule has 2 aromatic carbocycles. The fourth-order valence-corrected chi connectivity index (χ4v) is 2.17. The SMILES string of the molecule is CC(Nc1cc([N+](=O)[O-])ccc1Br)c1ccc(F)cc1. The number of nitro groups is 1. The summed E-state index contributed by atoms with van der Waals surface area (Å²) in [7, 11) is 0. The Hall–Kier alpha value is -1.95. The third-order valence-corrected chi connectivity index (χ3v) is 3.59. The topological polar surface area (TPSA) is 55.2 Å². The fraction of sp³-hybridized carbons (Fsp3) is 0.143. The van der Waals surface area contributed by atoms with Gasteiger partial charge in [-0.25, -0.2) is 4.39 Å². The zero-order valence-corrected chi connectivity index (χ0v) is 12.2. The molecular weight excluding hydrogens is 327 g/mol. The van der Waals surface area contributed by atoms with E-state index in [2.05, 4.69) is 21.2 Å². The van der Waals surface area contributed by atoms with Crippen molar-refractivity contribution < 1.29 is 9.31 Å². The molecule has 0 aliphatic heterocycles. The summed E-state index contributed by atoms with van der Waals surface area (Å²) in [6.07, 6.45) is 0. The highest BCUT2D eigenvalue weighted by Gasteiger charge is 2.12. The maximum atomic E-state index is 12.9. The van der Waals surface area contributed by atoms with Gasteiger partial charge in [-0.05, 0) is 46.6 Å². The third-order valence-electron chi connectivity index (χ3n) is 2.90. The van der Waals surface area contributed by atoms with Gasteiger partial charge in [-0.3, -0.25) is 10.1 Å². The number of nitrogens with zero attached hydrogens (tertiary/aromatic N) is 1. The molecule has 0 bridgehead atoms. The van der Waals surface area contributed by atoms with Gasteiger partial charge < -0.3 is 5.32 Å². The smallest absolute Gasteiger partial charge is 0.271 e. The molecule has 0 spiro atoms. The maximum Gasteiger partial charge on any atom is 0.271 e. The molecular formula is C14H12BrFN2O2. The molecule has 2 rings (SSSR count). The molecule has 2 aromatic rings. The van der Waals surface area contributed by atoms with Crippen LogP contribution in [0.15, 0.2) is 46.9 Å². The predicted octanol–water partition coefficient (Wildman–Crippen LogP) is 4.67. The number of nitrogens with one attached hydrogen (secondary N) is 1. The normalized spacial score (nSPS) is 11.9. The van der Waals surface area contributed by atoms with Crippen LogP contribution in [0.4, 0.5) is 15.8 Å². The Morgan fingerprint density at radius 2 is 1.90 bits per heavy atom. The van der Waals surface area contributed by atoms with Crippen LogP contribution in [-0.2, 0) is 0 Å². The van der Waals surface area contributed by atoms with Crippen molar-refractivity contribution in [2.75, 3.05) is 5.32 Å². The van der Waals surface area contributed by atoms with Crippen LogP contribution in [0.5, 0.6) is 0 Å². The van der Waals surface area contributed by atoms with Crippen LogP contribution < -0.4 is 5.32 Å². The summed E-state index contributed by atoms with van der Waals surface area (Å²) in [4.78, 5) is 10.3. The second-order valence-corrected chi connectivity index (χ2v) is 5.19. The second-order valence-electron chi connectivity index (χ2n) is 4.34. The quantitative estimate of drug-likeness (QED) is 0.651. The largest absolute Gasteiger partial charge is 0.377 e. The monoisotopic (exact) mass is 338 g/mol. The molecule has 0 saturated heterocycles. The van der Waals surface area contributed by atoms with Gasteiger partial charge in [-0.1, -0.05) is 12.1 Å². The first-order valence-corrected chi connectivity index (χ1v) is 6.72. The number of rotatable bonds is 4. The Morgan fingerprint density at radius 3 is 2.50 bits per heavy atom. The van der Waals surface area contributed by atoms with E-state index >= 15 is 0 Å². The average Bonchev–Trinajstić information content (AvgIpc) is 2.41. The van der Waals surface area contributed by atoms with Crippen molar-refractivity contribution in [3.05, 3.63) is 68.4 Å². The van der Waals surface area contributed by atoms with E-state index in [0.717, 1.165) is 10.0 Å². The van der Waals surface area contributed by atoms with E-state index in [0.29, 0.717) is 5.69 Å². The number of benzene rings is 2. The molecule has 0 aliphatic rings. The van der Waals surface area contributed by atoms with Crippen LogP contribution in [0.1, 0.15) is 18.5 Å². The molecule has 0 amide bonds. The Morgan fingerprint density at radius 1 is 1.25 bits per heavy atom. The zero-order valence-electron chi connectivity index (χ0n) is 10.6. The molecule has 1 atom stereocenters. The van der Waals surface area contributed by atoms with E-state index in [4.69, 9.17) is 0 Å². The molecule has 4 nitrogen and oxygen atoms in total. The highest BCUT2D eigenvalue weighted by molar-refractivity contribution is 9.10. The molecule has 6 heteroatoms. The van der Waals surface area contributed by atoms with Gasteiger partial charge in [0, 0.05) is 22.6 Å². The van der Waals surface area contributed by atoms with Crippen LogP contribution in [0.25, 0.3) is 0 Å². The van der Waals surface area contributed by atoms with Crippen LogP contribution in [0.2, 0.25) is 0 Å². The molecule has 1 N–H and O–H groups in total. The van der Waals surface area contributed by atoms with E-state index in [9.17, 15) is 14.5 Å². The Labute approximate surface area is 123 Å². The van der Waals surface area contributed by atoms with E-state index in [1.165, 1.54) is 24.3 Å². The summed E-state index contributed by atoms with van der Waals surface area (Å²) in [5.74, 6) is -0.294. The van der Waals surface area contributed by atoms with E-state index < -0.39 is 4.92 Å². The predicted molar refractivity (Wildman–Crippen MR) is 79.2 cm³/mol. The van der Waals surface area contributed by atoms with Crippen molar-refractivity contribution in [2.45, 2.75) is 13.0 Å². The number of anilines is 1. The number of non-ortho nitro benzene ring substituents is 1. The van der Waals surface area contributed by atoms with Crippen molar-refractivity contribution in [1.29, 1.82) is 0 Å². The van der Waals surface area contributed by atoms with Gasteiger partial charge in [-0.2, -0.15) is 0 Å². The molecule has 0 aliphatic carbocycles. The Balaban J connectivity index is 2.22. The van der Waals surface area contributed by atoms with Crippen LogP contribution in [0, 0.1) is 15.9 Å². The maximum absolute atomic E-state index is 12.9. The lowest BCUT2D eigenvalue weighted by Crippen LogP contribution is -2.07. The Bertz CT molecular complexity index is 632. The molecule has 0 heterocycles. The van der Waals surface area contributed by atoms with E-state index in [1.54, 1.807) is 18.2 Å². The minimum absolute atomic E-state index is 0.0157. The van der Waals surface area contributed by atoms with Crippen molar-refractivity contribution in [3.8, 4) is 0 Å². The average molecular weight is 339 g/mol. The van der Waals surface area contributed by atoms with Crippen LogP contribution in [-0.4, -0.2) is 4.92 Å². The lowest BCUT2D eigenvalue weighted by Gasteiger charge is -2.16.